The second-order valence-corrected chi connectivity index (χ2v) is 16.5. The fourth-order valence-electron chi connectivity index (χ4n) is 10.4. The van der Waals surface area contributed by atoms with Crippen LogP contribution in [0.25, 0.3) is 0 Å². The van der Waals surface area contributed by atoms with Crippen LogP contribution in [0.1, 0.15) is 85.5 Å². The van der Waals surface area contributed by atoms with E-state index < -0.39 is 12.4 Å². The lowest BCUT2D eigenvalue weighted by Crippen LogP contribution is -2.59. The first kappa shape index (κ1) is 40.0. The molecule has 1 saturated carbocycles. The van der Waals surface area contributed by atoms with Crippen molar-refractivity contribution in [3.8, 4) is 0 Å². The number of nitrogens with zero attached hydrogens (tertiary/aromatic N) is 1. The molecule has 294 valence electrons. The van der Waals surface area contributed by atoms with Crippen LogP contribution in [-0.2, 0) is 47.5 Å². The number of hydrogen-bond acceptors (Lipinski definition) is 11. The van der Waals surface area contributed by atoms with Gasteiger partial charge in [0.25, 0.3) is 0 Å². The van der Waals surface area contributed by atoms with E-state index in [1.807, 2.05) is 13.8 Å². The summed E-state index contributed by atoms with van der Waals surface area (Å²) in [7, 11) is 9.15. The highest BCUT2D eigenvalue weighted by atomic mass is 16.7. The molecule has 3 aliphatic heterocycles. The van der Waals surface area contributed by atoms with Gasteiger partial charge in [0.1, 0.15) is 24.4 Å². The predicted molar refractivity (Wildman–Crippen MR) is 194 cm³/mol. The molecule has 0 bridgehead atoms. The van der Waals surface area contributed by atoms with E-state index in [0.717, 1.165) is 50.5 Å². The van der Waals surface area contributed by atoms with E-state index >= 15 is 0 Å². The molecule has 0 aromatic rings. The van der Waals surface area contributed by atoms with Gasteiger partial charge >= 0.3 is 5.97 Å². The highest BCUT2D eigenvalue weighted by Gasteiger charge is 2.52. The average molecular weight is 732 g/mol. The number of carbonyl (C=O) groups is 2. The Kier molecular flexibility index (Phi) is 13.4. The molecule has 0 spiro atoms. The largest absolute Gasteiger partial charge is 0.462 e. The van der Waals surface area contributed by atoms with Crippen molar-refractivity contribution in [3.05, 3.63) is 23.8 Å². The zero-order chi connectivity index (χ0) is 37.3. The number of cyclic esters (lactones) is 1. The van der Waals surface area contributed by atoms with Gasteiger partial charge in [0.15, 0.2) is 18.4 Å². The fourth-order valence-corrected chi connectivity index (χ4v) is 10.4. The van der Waals surface area contributed by atoms with E-state index in [0.29, 0.717) is 18.4 Å². The molecule has 3 heterocycles. The molecule has 17 atom stereocenters. The Balaban J connectivity index is 1.20. The number of ketones is 1. The summed E-state index contributed by atoms with van der Waals surface area (Å²) in [6.45, 7) is 8.17. The van der Waals surface area contributed by atoms with E-state index in [4.69, 9.17) is 37.9 Å². The summed E-state index contributed by atoms with van der Waals surface area (Å²) in [5.41, 5.74) is 0.763. The third-order valence-electron chi connectivity index (χ3n) is 13.3. The van der Waals surface area contributed by atoms with Gasteiger partial charge in [-0.15, -0.1) is 0 Å². The summed E-state index contributed by atoms with van der Waals surface area (Å²) >= 11 is 0. The van der Waals surface area contributed by atoms with E-state index in [-0.39, 0.29) is 96.8 Å². The first-order valence-electron chi connectivity index (χ1n) is 20.0. The van der Waals surface area contributed by atoms with Crippen molar-refractivity contribution in [3.63, 3.8) is 0 Å². The molecule has 6 rings (SSSR count). The summed E-state index contributed by atoms with van der Waals surface area (Å²) in [5, 5.41) is 0. The molecule has 0 N–H and O–H groups in total. The number of Topliss-reactive ketones (excluding diaryl/α,β-unsaturated/α-hetero) is 1. The van der Waals surface area contributed by atoms with Gasteiger partial charge in [-0.25, -0.2) is 0 Å². The number of esters is 1. The van der Waals surface area contributed by atoms with Gasteiger partial charge in [0.05, 0.1) is 30.8 Å². The van der Waals surface area contributed by atoms with Crippen LogP contribution < -0.4 is 0 Å². The summed E-state index contributed by atoms with van der Waals surface area (Å²) in [6, 6.07) is 0.339. The van der Waals surface area contributed by atoms with Crippen molar-refractivity contribution < 1.29 is 47.5 Å². The SMILES string of the molecule is CC[C@@H]1CCC[C@@H](O[C@@H]2CC[C@@H](N(C)C)[C@H](C)O2)[C@H](C)C(=O)C2=C[C@H]3[C@H](C=C[C@H]4C[C@H](O[C@H]5O[C@H](C)[C@@H](OC)[C@H](OC)[C@@H]5OC)C[C@H]34)[C@H]2CC(=O)O1. The van der Waals surface area contributed by atoms with E-state index in [2.05, 4.69) is 51.1 Å². The zero-order valence-electron chi connectivity index (χ0n) is 32.9. The minimum atomic E-state index is -0.594. The van der Waals surface area contributed by atoms with Crippen molar-refractivity contribution in [2.75, 3.05) is 35.4 Å². The average Bonchev–Trinajstić information content (AvgIpc) is 3.70. The predicted octanol–water partition coefficient (Wildman–Crippen LogP) is 5.49. The Hall–Kier alpha value is -1.70. The molecule has 0 aromatic carbocycles. The number of carbonyl (C=O) groups excluding carboxylic acids is 2. The number of hydrogen-bond donors (Lipinski definition) is 0. The Morgan fingerprint density at radius 3 is 2.25 bits per heavy atom. The normalized spacial score (nSPS) is 45.7. The highest BCUT2D eigenvalue weighted by molar-refractivity contribution is 5.99. The van der Waals surface area contributed by atoms with Crippen molar-refractivity contribution in [2.24, 2.45) is 35.5 Å². The van der Waals surface area contributed by atoms with Crippen LogP contribution in [0, 0.1) is 35.5 Å². The molecule has 0 amide bonds. The second-order valence-electron chi connectivity index (χ2n) is 16.5. The number of ether oxygens (including phenoxy) is 8. The Morgan fingerprint density at radius 1 is 0.827 bits per heavy atom. The van der Waals surface area contributed by atoms with Crippen molar-refractivity contribution in [2.45, 2.75) is 153 Å². The molecule has 52 heavy (non-hydrogen) atoms. The molecule has 4 fully saturated rings. The third-order valence-corrected chi connectivity index (χ3v) is 13.3. The molecule has 0 unspecified atom stereocenters. The Morgan fingerprint density at radius 2 is 1.58 bits per heavy atom. The monoisotopic (exact) mass is 731 g/mol. The van der Waals surface area contributed by atoms with Crippen LogP contribution in [0.15, 0.2) is 23.8 Å². The Bertz CT molecular complexity index is 1290. The summed E-state index contributed by atoms with van der Waals surface area (Å²) in [6.07, 6.45) is 10.8. The van der Waals surface area contributed by atoms with Gasteiger partial charge < -0.3 is 42.8 Å². The van der Waals surface area contributed by atoms with Crippen LogP contribution >= 0.6 is 0 Å². The first-order chi connectivity index (χ1) is 25.0. The van der Waals surface area contributed by atoms with Crippen molar-refractivity contribution in [1.82, 2.24) is 4.90 Å². The maximum absolute atomic E-state index is 14.7. The third kappa shape index (κ3) is 8.27. The highest BCUT2D eigenvalue weighted by Crippen LogP contribution is 2.54. The maximum atomic E-state index is 14.7. The van der Waals surface area contributed by atoms with Crippen LogP contribution in [0.2, 0.25) is 0 Å². The van der Waals surface area contributed by atoms with Crippen LogP contribution in [0.3, 0.4) is 0 Å². The Labute approximate surface area is 311 Å². The zero-order valence-corrected chi connectivity index (χ0v) is 32.9. The number of rotatable bonds is 9. The molecule has 3 saturated heterocycles. The minimum Gasteiger partial charge on any atom is -0.462 e. The minimum absolute atomic E-state index is 0.0380. The molecule has 6 aliphatic rings. The van der Waals surface area contributed by atoms with Crippen LogP contribution in [0.5, 0.6) is 0 Å². The quantitative estimate of drug-likeness (QED) is 0.222. The summed E-state index contributed by atoms with van der Waals surface area (Å²) in [4.78, 5) is 30.4. The first-order valence-corrected chi connectivity index (χ1v) is 20.0. The molecule has 3 aliphatic carbocycles. The van der Waals surface area contributed by atoms with Gasteiger partial charge in [-0.1, -0.05) is 32.1 Å². The topological polar surface area (TPSA) is 111 Å². The smallest absolute Gasteiger partial charge is 0.306 e. The molecular formula is C41H65NO10. The number of likely N-dealkylation sites (N-methyl/N-ethyl adjacent to an activating group) is 1. The fraction of sp³-hybridized carbons (Fsp3) is 0.854. The summed E-state index contributed by atoms with van der Waals surface area (Å²) < 4.78 is 49.5. The van der Waals surface area contributed by atoms with Crippen LogP contribution in [-0.4, -0.2) is 120 Å². The lowest BCUT2D eigenvalue weighted by atomic mass is 9.70. The van der Waals surface area contributed by atoms with E-state index in [1.54, 1.807) is 21.3 Å². The lowest BCUT2D eigenvalue weighted by molar-refractivity contribution is -0.314. The van der Waals surface area contributed by atoms with Gasteiger partial charge in [-0.05, 0) is 109 Å². The van der Waals surface area contributed by atoms with Crippen LogP contribution in [0.4, 0.5) is 0 Å². The van der Waals surface area contributed by atoms with Gasteiger partial charge in [0, 0.05) is 39.2 Å². The lowest BCUT2D eigenvalue weighted by Gasteiger charge is -2.44. The maximum Gasteiger partial charge on any atom is 0.306 e. The molecule has 11 nitrogen and oxygen atoms in total. The molecule has 0 radical (unpaired) electrons. The molecule has 11 heteroatoms. The van der Waals surface area contributed by atoms with Crippen molar-refractivity contribution in [1.29, 1.82) is 0 Å². The second kappa shape index (κ2) is 17.4. The summed E-state index contributed by atoms with van der Waals surface area (Å²) in [5.74, 6) is 0.0198. The standard InChI is InChI=1S/C41H65NO10/c1-10-26-12-11-13-34(52-36-17-16-33(42(5)6)23(3)48-36)22(2)37(44)32-20-30-28(31(32)21-35(43)50-26)15-14-25-18-27(19-29(25)30)51-41-40(47-9)39(46-8)38(45-7)24(4)49-41/h14-15,20,22-31,33-34,36,38-41H,10-13,16-19,21H2,1-9H3/t22-,23-,24+,25-,26+,27-,28-,29-,30-,31+,33+,34+,36+,38+,39-,40-,41+/m0/s1. The molecular weight excluding hydrogens is 666 g/mol. The van der Waals surface area contributed by atoms with E-state index in [1.165, 1.54) is 0 Å². The number of methoxy groups -OCH3 is 3. The molecule has 0 aromatic heterocycles. The van der Waals surface area contributed by atoms with Gasteiger partial charge in [-0.3, -0.25) is 9.59 Å². The number of allylic oxidation sites excluding steroid dienone is 4. The van der Waals surface area contributed by atoms with E-state index in [9.17, 15) is 9.59 Å². The number of fused-ring (bicyclic) bond motifs is 5. The van der Waals surface area contributed by atoms with Gasteiger partial charge in [-0.2, -0.15) is 0 Å². The van der Waals surface area contributed by atoms with Gasteiger partial charge in [0.2, 0.25) is 0 Å². The van der Waals surface area contributed by atoms with Crippen molar-refractivity contribution >= 4 is 11.8 Å².